The summed E-state index contributed by atoms with van der Waals surface area (Å²) in [5, 5.41) is 0. The van der Waals surface area contributed by atoms with E-state index < -0.39 is 20.2 Å². The molecule has 0 spiro atoms. The molecule has 1 rings (SSSR count). The SMILES string of the molecule is CCCCCCCS(=O)(=O)OS(=O)(=O)c1ccccc1. The quantitative estimate of drug-likeness (QED) is 0.654. The van der Waals surface area contributed by atoms with Crippen LogP contribution in [0.25, 0.3) is 0 Å². The third-order valence-electron chi connectivity index (χ3n) is 2.72. The van der Waals surface area contributed by atoms with Crippen molar-refractivity contribution in [3.63, 3.8) is 0 Å². The van der Waals surface area contributed by atoms with E-state index in [0.29, 0.717) is 6.42 Å². The van der Waals surface area contributed by atoms with Crippen molar-refractivity contribution >= 4 is 20.2 Å². The van der Waals surface area contributed by atoms with E-state index in [2.05, 4.69) is 10.6 Å². The normalized spacial score (nSPS) is 12.4. The van der Waals surface area contributed by atoms with Crippen LogP contribution in [0.3, 0.4) is 0 Å². The van der Waals surface area contributed by atoms with Crippen molar-refractivity contribution in [2.45, 2.75) is 43.9 Å². The molecule has 1 aromatic carbocycles. The first-order valence-electron chi connectivity index (χ1n) is 6.61. The van der Waals surface area contributed by atoms with Crippen LogP contribution in [-0.2, 0) is 23.9 Å². The third-order valence-corrected chi connectivity index (χ3v) is 5.91. The minimum atomic E-state index is -4.25. The highest BCUT2D eigenvalue weighted by atomic mass is 32.3. The fourth-order valence-electron chi connectivity index (χ4n) is 1.68. The highest BCUT2D eigenvalue weighted by Gasteiger charge is 2.24. The topological polar surface area (TPSA) is 77.5 Å². The molecule has 0 heterocycles. The molecule has 0 radical (unpaired) electrons. The van der Waals surface area contributed by atoms with Gasteiger partial charge < -0.3 is 0 Å². The van der Waals surface area contributed by atoms with E-state index in [9.17, 15) is 16.8 Å². The van der Waals surface area contributed by atoms with Crippen LogP contribution in [0.2, 0.25) is 0 Å². The van der Waals surface area contributed by atoms with Crippen molar-refractivity contribution in [1.29, 1.82) is 0 Å². The summed E-state index contributed by atoms with van der Waals surface area (Å²) in [5.74, 6) is -0.275. The zero-order valence-electron chi connectivity index (χ0n) is 11.5. The van der Waals surface area contributed by atoms with E-state index in [-0.39, 0.29) is 10.6 Å². The lowest BCUT2D eigenvalue weighted by Gasteiger charge is -2.06. The third kappa shape index (κ3) is 6.02. The summed E-state index contributed by atoms with van der Waals surface area (Å²) in [6.45, 7) is 2.06. The zero-order chi connectivity index (χ0) is 15.1. The van der Waals surface area contributed by atoms with Crippen LogP contribution in [0, 0.1) is 0 Å². The standard InChI is InChI=1S/C13H20O5S2/c1-2-3-4-5-9-12-19(14,15)18-20(16,17)13-10-7-6-8-11-13/h6-8,10-11H,2-5,9,12H2,1H3. The van der Waals surface area contributed by atoms with Gasteiger partial charge in [0.15, 0.2) is 0 Å². The van der Waals surface area contributed by atoms with Gasteiger partial charge in [-0.2, -0.15) is 16.8 Å². The van der Waals surface area contributed by atoms with Gasteiger partial charge >= 0.3 is 10.1 Å². The molecular weight excluding hydrogens is 300 g/mol. The first-order valence-corrected chi connectivity index (χ1v) is 9.60. The summed E-state index contributed by atoms with van der Waals surface area (Å²) in [4.78, 5) is -0.158. The molecule has 0 N–H and O–H groups in total. The Morgan fingerprint density at radius 2 is 1.50 bits per heavy atom. The predicted molar refractivity (Wildman–Crippen MR) is 77.3 cm³/mol. The Hall–Kier alpha value is -0.920. The fraction of sp³-hybridized carbons (Fsp3) is 0.538. The van der Waals surface area contributed by atoms with Gasteiger partial charge in [-0.1, -0.05) is 50.8 Å². The number of benzene rings is 1. The number of hydrogen-bond acceptors (Lipinski definition) is 5. The molecule has 0 aliphatic carbocycles. The lowest BCUT2D eigenvalue weighted by Crippen LogP contribution is -2.16. The zero-order valence-corrected chi connectivity index (χ0v) is 13.1. The van der Waals surface area contributed by atoms with Crippen LogP contribution in [0.15, 0.2) is 35.2 Å². The molecule has 0 aromatic heterocycles. The highest BCUT2D eigenvalue weighted by Crippen LogP contribution is 2.15. The fourth-order valence-corrected chi connectivity index (χ4v) is 4.41. The molecule has 1 aromatic rings. The molecule has 0 bridgehead atoms. The monoisotopic (exact) mass is 320 g/mol. The molecule has 0 fully saturated rings. The van der Waals surface area contributed by atoms with Crippen molar-refractivity contribution in [3.05, 3.63) is 30.3 Å². The maximum Gasteiger partial charge on any atom is 0.311 e. The molecule has 0 amide bonds. The van der Waals surface area contributed by atoms with E-state index in [0.717, 1.165) is 25.7 Å². The predicted octanol–water partition coefficient (Wildman–Crippen LogP) is 2.69. The largest absolute Gasteiger partial charge is 0.311 e. The number of hydrogen-bond donors (Lipinski definition) is 0. The Balaban J connectivity index is 2.58. The average Bonchev–Trinajstić information content (AvgIpc) is 2.38. The Bertz CT molecular complexity index is 591. The van der Waals surface area contributed by atoms with Crippen LogP contribution < -0.4 is 0 Å². The maximum atomic E-state index is 11.8. The van der Waals surface area contributed by atoms with Crippen LogP contribution in [0.4, 0.5) is 0 Å². The maximum absolute atomic E-state index is 11.8. The van der Waals surface area contributed by atoms with Gasteiger partial charge in [-0.25, -0.2) is 0 Å². The second-order valence-corrected chi connectivity index (χ2v) is 7.96. The van der Waals surface area contributed by atoms with Gasteiger partial charge in [0, 0.05) is 0 Å². The van der Waals surface area contributed by atoms with Crippen LogP contribution in [0.1, 0.15) is 39.0 Å². The molecule has 5 nitrogen and oxygen atoms in total. The van der Waals surface area contributed by atoms with E-state index in [1.165, 1.54) is 24.3 Å². The summed E-state index contributed by atoms with van der Waals surface area (Å²) < 4.78 is 51.2. The van der Waals surface area contributed by atoms with Gasteiger partial charge in [0.1, 0.15) is 0 Å². The van der Waals surface area contributed by atoms with E-state index >= 15 is 0 Å². The van der Waals surface area contributed by atoms with Crippen LogP contribution >= 0.6 is 0 Å². The van der Waals surface area contributed by atoms with Crippen molar-refractivity contribution in [3.8, 4) is 0 Å². The second-order valence-electron chi connectivity index (χ2n) is 4.51. The van der Waals surface area contributed by atoms with Gasteiger partial charge in [-0.3, -0.25) is 0 Å². The lowest BCUT2D eigenvalue weighted by atomic mass is 10.2. The molecule has 20 heavy (non-hydrogen) atoms. The smallest absolute Gasteiger partial charge is 0.198 e. The molecule has 0 atom stereocenters. The molecule has 0 saturated heterocycles. The number of unbranched alkanes of at least 4 members (excludes halogenated alkanes) is 4. The van der Waals surface area contributed by atoms with Gasteiger partial charge in [0.25, 0.3) is 10.1 Å². The van der Waals surface area contributed by atoms with Gasteiger partial charge in [0.05, 0.1) is 10.6 Å². The van der Waals surface area contributed by atoms with E-state index in [1.54, 1.807) is 6.07 Å². The van der Waals surface area contributed by atoms with Gasteiger partial charge in [-0.05, 0) is 18.6 Å². The molecule has 0 aliphatic rings. The Kier molecular flexibility index (Phi) is 6.64. The van der Waals surface area contributed by atoms with Crippen molar-refractivity contribution < 1.29 is 20.5 Å². The molecular formula is C13H20O5S2. The van der Waals surface area contributed by atoms with Gasteiger partial charge in [-0.15, -0.1) is 3.63 Å². The first-order chi connectivity index (χ1) is 9.37. The molecule has 0 saturated carbocycles. The summed E-state index contributed by atoms with van der Waals surface area (Å²) in [5.41, 5.74) is 0. The summed E-state index contributed by atoms with van der Waals surface area (Å²) in [7, 11) is -8.32. The molecule has 0 unspecified atom stereocenters. The summed E-state index contributed by atoms with van der Waals surface area (Å²) in [6.07, 6.45) is 4.21. The summed E-state index contributed by atoms with van der Waals surface area (Å²) in [6, 6.07) is 7.25. The van der Waals surface area contributed by atoms with Crippen LogP contribution in [-0.4, -0.2) is 22.6 Å². The van der Waals surface area contributed by atoms with Gasteiger partial charge in [0.2, 0.25) is 0 Å². The minimum Gasteiger partial charge on any atom is -0.198 e. The highest BCUT2D eigenvalue weighted by molar-refractivity contribution is 7.99. The minimum absolute atomic E-state index is 0.158. The lowest BCUT2D eigenvalue weighted by molar-refractivity contribution is 0.459. The van der Waals surface area contributed by atoms with Crippen molar-refractivity contribution in [2.24, 2.45) is 0 Å². The molecule has 7 heteroatoms. The van der Waals surface area contributed by atoms with Crippen LogP contribution in [0.5, 0.6) is 0 Å². The van der Waals surface area contributed by atoms with E-state index in [4.69, 9.17) is 0 Å². The van der Waals surface area contributed by atoms with E-state index in [1.807, 2.05) is 0 Å². The second kappa shape index (κ2) is 7.75. The van der Waals surface area contributed by atoms with Crippen molar-refractivity contribution in [1.82, 2.24) is 0 Å². The molecule has 0 aliphatic heterocycles. The van der Waals surface area contributed by atoms with Crippen molar-refractivity contribution in [2.75, 3.05) is 5.75 Å². The number of rotatable bonds is 9. The molecule has 114 valence electrons. The Labute approximate surface area is 121 Å². The Morgan fingerprint density at radius 1 is 0.900 bits per heavy atom. The first kappa shape index (κ1) is 17.1. The average molecular weight is 320 g/mol. The Morgan fingerprint density at radius 3 is 2.10 bits per heavy atom. The summed E-state index contributed by atoms with van der Waals surface area (Å²) >= 11 is 0.